The molecule has 0 fully saturated rings. The van der Waals surface area contributed by atoms with Gasteiger partial charge in [0.1, 0.15) is 17.3 Å². The number of carbonyl (C=O) groups is 1. The number of halogens is 1. The van der Waals surface area contributed by atoms with Crippen LogP contribution in [0.15, 0.2) is 83.8 Å². The zero-order chi connectivity index (χ0) is 24.1. The van der Waals surface area contributed by atoms with Crippen molar-refractivity contribution in [2.24, 2.45) is 0 Å². The summed E-state index contributed by atoms with van der Waals surface area (Å²) in [6.45, 7) is -0.462. The van der Waals surface area contributed by atoms with Crippen LogP contribution < -0.4 is 14.4 Å². The molecule has 0 aliphatic rings. The first kappa shape index (κ1) is 23.7. The van der Waals surface area contributed by atoms with Gasteiger partial charge in [-0.3, -0.25) is 14.4 Å². The number of rotatable bonds is 8. The molecule has 0 bridgehead atoms. The molecule has 8 nitrogen and oxygen atoms in total. The average molecular weight is 515 g/mol. The molecule has 3 aromatic carbocycles. The van der Waals surface area contributed by atoms with E-state index < -0.39 is 22.5 Å². The summed E-state index contributed by atoms with van der Waals surface area (Å²) >= 11 is 7.14. The van der Waals surface area contributed by atoms with E-state index in [9.17, 15) is 13.2 Å². The molecular weight excluding hydrogens is 496 g/mol. The Kier molecular flexibility index (Phi) is 7.11. The molecule has 0 aliphatic carbocycles. The molecule has 0 atom stereocenters. The minimum Gasteiger partial charge on any atom is -0.497 e. The molecule has 0 aliphatic heterocycles. The number of nitrogens with zero attached hydrogens (tertiary/aromatic N) is 3. The fourth-order valence-corrected chi connectivity index (χ4v) is 5.39. The van der Waals surface area contributed by atoms with Crippen LogP contribution >= 0.6 is 22.9 Å². The van der Waals surface area contributed by atoms with Gasteiger partial charge in [-0.05, 0) is 60.7 Å². The number of methoxy groups -OCH3 is 1. The smallest absolute Gasteiger partial charge is 0.264 e. The maximum atomic E-state index is 13.3. The van der Waals surface area contributed by atoms with Gasteiger partial charge in [0, 0.05) is 10.6 Å². The van der Waals surface area contributed by atoms with Crippen LogP contribution in [-0.4, -0.2) is 38.2 Å². The molecule has 0 unspecified atom stereocenters. The van der Waals surface area contributed by atoms with Gasteiger partial charge < -0.3 is 4.74 Å². The van der Waals surface area contributed by atoms with Gasteiger partial charge in [-0.2, -0.15) is 0 Å². The van der Waals surface area contributed by atoms with Crippen LogP contribution in [0.25, 0.3) is 10.6 Å². The molecular formula is C23H19ClN4O4S2. The molecule has 1 heterocycles. The van der Waals surface area contributed by atoms with Crippen LogP contribution in [0.1, 0.15) is 0 Å². The Morgan fingerprint density at radius 3 is 2.32 bits per heavy atom. The molecule has 0 saturated heterocycles. The third-order valence-corrected chi connectivity index (χ3v) is 7.67. The highest BCUT2D eigenvalue weighted by atomic mass is 35.5. The average Bonchev–Trinajstić information content (AvgIpc) is 3.32. The summed E-state index contributed by atoms with van der Waals surface area (Å²) in [5, 5.41) is 12.1. The normalized spacial score (nSPS) is 11.1. The van der Waals surface area contributed by atoms with Gasteiger partial charge in [0.2, 0.25) is 11.0 Å². The number of hydrogen-bond acceptors (Lipinski definition) is 7. The Labute approximate surface area is 205 Å². The molecule has 11 heteroatoms. The van der Waals surface area contributed by atoms with Gasteiger partial charge in [0.15, 0.2) is 0 Å². The highest BCUT2D eigenvalue weighted by Gasteiger charge is 2.27. The fourth-order valence-electron chi connectivity index (χ4n) is 3.06. The first-order valence-electron chi connectivity index (χ1n) is 9.98. The van der Waals surface area contributed by atoms with Gasteiger partial charge in [-0.25, -0.2) is 8.42 Å². The van der Waals surface area contributed by atoms with Gasteiger partial charge in [-0.1, -0.05) is 41.1 Å². The summed E-state index contributed by atoms with van der Waals surface area (Å²) in [5.74, 6) is 0.149. The topological polar surface area (TPSA) is 101 Å². The number of aromatic nitrogens is 2. The lowest BCUT2D eigenvalue weighted by atomic mass is 10.2. The number of nitrogens with one attached hydrogen (secondary N) is 1. The van der Waals surface area contributed by atoms with E-state index in [0.717, 1.165) is 9.87 Å². The summed E-state index contributed by atoms with van der Waals surface area (Å²) in [6.07, 6.45) is 0. The third-order valence-electron chi connectivity index (χ3n) is 4.74. The lowest BCUT2D eigenvalue weighted by Gasteiger charge is -2.24. The van der Waals surface area contributed by atoms with E-state index in [-0.39, 0.29) is 10.0 Å². The molecule has 1 aromatic heterocycles. The number of hydrogen-bond donors (Lipinski definition) is 1. The maximum absolute atomic E-state index is 13.3. The van der Waals surface area contributed by atoms with Crippen LogP contribution in [0.2, 0.25) is 5.02 Å². The Balaban J connectivity index is 1.55. The first-order chi connectivity index (χ1) is 16.4. The molecule has 34 heavy (non-hydrogen) atoms. The number of anilines is 2. The molecule has 0 saturated carbocycles. The van der Waals surface area contributed by atoms with Crippen LogP contribution in [0.4, 0.5) is 10.8 Å². The number of carbonyl (C=O) groups excluding carboxylic acids is 1. The standard InChI is InChI=1S/C23H19ClN4O4S2/c1-32-19-13-7-16(8-14-19)22-26-27-23(33-22)25-21(29)15-28(18-11-9-17(24)10-12-18)34(30,31)20-5-3-2-4-6-20/h2-14H,15H2,1H3,(H,25,27,29). The second kappa shape index (κ2) is 10.2. The lowest BCUT2D eigenvalue weighted by Crippen LogP contribution is -2.38. The van der Waals surface area contributed by atoms with E-state index in [1.165, 1.54) is 23.5 Å². The number of benzene rings is 3. The van der Waals surface area contributed by atoms with E-state index in [2.05, 4.69) is 15.5 Å². The van der Waals surface area contributed by atoms with Gasteiger partial charge in [0.05, 0.1) is 17.7 Å². The van der Waals surface area contributed by atoms with Crippen LogP contribution in [0.5, 0.6) is 5.75 Å². The van der Waals surface area contributed by atoms with Crippen molar-refractivity contribution in [1.82, 2.24) is 10.2 Å². The number of ether oxygens (including phenoxy) is 1. The summed E-state index contributed by atoms with van der Waals surface area (Å²) in [5.41, 5.74) is 1.12. The predicted molar refractivity (Wildman–Crippen MR) is 133 cm³/mol. The van der Waals surface area contributed by atoms with Crippen molar-refractivity contribution in [2.45, 2.75) is 4.90 Å². The third kappa shape index (κ3) is 5.36. The van der Waals surface area contributed by atoms with Crippen molar-refractivity contribution in [3.63, 3.8) is 0 Å². The fraction of sp³-hybridized carbons (Fsp3) is 0.0870. The first-order valence-corrected chi connectivity index (χ1v) is 12.6. The zero-order valence-corrected chi connectivity index (χ0v) is 20.3. The van der Waals surface area contributed by atoms with Crippen molar-refractivity contribution in [1.29, 1.82) is 0 Å². The van der Waals surface area contributed by atoms with Crippen LogP contribution in [0, 0.1) is 0 Å². The summed E-state index contributed by atoms with van der Waals surface area (Å²) in [6, 6.07) is 21.4. The molecule has 1 amide bonds. The van der Waals surface area contributed by atoms with Crippen molar-refractivity contribution in [3.8, 4) is 16.3 Å². The monoisotopic (exact) mass is 514 g/mol. The van der Waals surface area contributed by atoms with Crippen molar-refractivity contribution >= 4 is 49.7 Å². The van der Waals surface area contributed by atoms with E-state index in [0.29, 0.717) is 21.5 Å². The van der Waals surface area contributed by atoms with Gasteiger partial charge in [0.25, 0.3) is 10.0 Å². The van der Waals surface area contributed by atoms with Gasteiger partial charge >= 0.3 is 0 Å². The molecule has 4 rings (SSSR count). The predicted octanol–water partition coefficient (Wildman–Crippen LogP) is 4.70. The van der Waals surface area contributed by atoms with E-state index in [1.807, 2.05) is 12.1 Å². The molecule has 0 radical (unpaired) electrons. The summed E-state index contributed by atoms with van der Waals surface area (Å²) < 4.78 is 32.8. The molecule has 4 aromatic rings. The second-order valence-electron chi connectivity index (χ2n) is 6.99. The Morgan fingerprint density at radius 1 is 1.00 bits per heavy atom. The van der Waals surface area contributed by atoms with Crippen molar-refractivity contribution in [3.05, 3.63) is 83.9 Å². The molecule has 174 valence electrons. The van der Waals surface area contributed by atoms with Crippen molar-refractivity contribution in [2.75, 3.05) is 23.3 Å². The Morgan fingerprint density at radius 2 is 1.68 bits per heavy atom. The minimum absolute atomic E-state index is 0.0652. The largest absolute Gasteiger partial charge is 0.497 e. The zero-order valence-electron chi connectivity index (χ0n) is 17.9. The van der Waals surface area contributed by atoms with E-state index >= 15 is 0 Å². The second-order valence-corrected chi connectivity index (χ2v) is 10.3. The SMILES string of the molecule is COc1ccc(-c2nnc(NC(=O)CN(c3ccc(Cl)cc3)S(=O)(=O)c3ccccc3)s2)cc1. The van der Waals surface area contributed by atoms with E-state index in [4.69, 9.17) is 16.3 Å². The highest BCUT2D eigenvalue weighted by molar-refractivity contribution is 7.92. The Hall–Kier alpha value is -3.47. The quantitative estimate of drug-likeness (QED) is 0.365. The Bertz CT molecular complexity index is 1380. The lowest BCUT2D eigenvalue weighted by molar-refractivity contribution is -0.114. The molecule has 0 spiro atoms. The summed E-state index contributed by atoms with van der Waals surface area (Å²) in [7, 11) is -2.43. The number of sulfonamides is 1. The number of amides is 1. The van der Waals surface area contributed by atoms with Crippen LogP contribution in [0.3, 0.4) is 0 Å². The summed E-state index contributed by atoms with van der Waals surface area (Å²) in [4.78, 5) is 12.9. The molecule has 1 N–H and O–H groups in total. The van der Waals surface area contributed by atoms with E-state index in [1.54, 1.807) is 61.7 Å². The van der Waals surface area contributed by atoms with Crippen LogP contribution in [-0.2, 0) is 14.8 Å². The van der Waals surface area contributed by atoms with Gasteiger partial charge in [-0.15, -0.1) is 10.2 Å². The minimum atomic E-state index is -4.01. The maximum Gasteiger partial charge on any atom is 0.264 e. The van der Waals surface area contributed by atoms with Crippen molar-refractivity contribution < 1.29 is 17.9 Å². The highest BCUT2D eigenvalue weighted by Crippen LogP contribution is 2.29.